The van der Waals surface area contributed by atoms with Gasteiger partial charge in [0.1, 0.15) is 5.82 Å². The van der Waals surface area contributed by atoms with Gasteiger partial charge in [0.25, 0.3) is 0 Å². The molecule has 1 aromatic carbocycles. The van der Waals surface area contributed by atoms with Crippen molar-refractivity contribution in [2.24, 2.45) is 7.05 Å². The molecule has 0 aliphatic carbocycles. The average molecular weight is 242 g/mol. The minimum Gasteiger partial charge on any atom is -0.384 e. The Hall–Kier alpha value is -1.97. The lowest BCUT2D eigenvalue weighted by Gasteiger charge is -2.08. The number of hydrogen-bond donors (Lipinski definition) is 2. The first kappa shape index (κ1) is 11.1. The molecule has 3 rings (SSSR count). The molecule has 0 radical (unpaired) electrons. The van der Waals surface area contributed by atoms with Crippen molar-refractivity contribution in [1.82, 2.24) is 9.78 Å². The van der Waals surface area contributed by atoms with Gasteiger partial charge < -0.3 is 10.6 Å². The van der Waals surface area contributed by atoms with Crippen LogP contribution in [0.4, 0.5) is 11.5 Å². The lowest BCUT2D eigenvalue weighted by molar-refractivity contribution is 0.758. The molecule has 1 aromatic heterocycles. The van der Waals surface area contributed by atoms with Gasteiger partial charge in [-0.1, -0.05) is 12.1 Å². The first-order chi connectivity index (χ1) is 8.72. The highest BCUT2D eigenvalue weighted by Gasteiger charge is 2.10. The fraction of sp³-hybridized carbons (Fsp3) is 0.357. The zero-order valence-electron chi connectivity index (χ0n) is 10.8. The highest BCUT2D eigenvalue weighted by atomic mass is 15.3. The Kier molecular flexibility index (Phi) is 2.70. The van der Waals surface area contributed by atoms with Crippen molar-refractivity contribution >= 4 is 11.5 Å². The van der Waals surface area contributed by atoms with Crippen LogP contribution in [-0.2, 0) is 20.0 Å². The Morgan fingerprint density at radius 2 is 2.28 bits per heavy atom. The van der Waals surface area contributed by atoms with E-state index in [4.69, 9.17) is 0 Å². The second-order valence-corrected chi connectivity index (χ2v) is 4.82. The van der Waals surface area contributed by atoms with Crippen molar-refractivity contribution in [2.45, 2.75) is 19.9 Å². The van der Waals surface area contributed by atoms with Crippen molar-refractivity contribution in [3.8, 4) is 0 Å². The third-order valence-corrected chi connectivity index (χ3v) is 3.36. The van der Waals surface area contributed by atoms with Gasteiger partial charge in [0.15, 0.2) is 0 Å². The summed E-state index contributed by atoms with van der Waals surface area (Å²) in [5, 5.41) is 11.1. The molecule has 0 unspecified atom stereocenters. The highest BCUT2D eigenvalue weighted by molar-refractivity contribution is 5.57. The summed E-state index contributed by atoms with van der Waals surface area (Å²) in [7, 11) is 1.96. The van der Waals surface area contributed by atoms with Crippen LogP contribution in [-0.4, -0.2) is 16.3 Å². The maximum Gasteiger partial charge on any atom is 0.124 e. The molecule has 2 heterocycles. The molecule has 94 valence electrons. The zero-order chi connectivity index (χ0) is 12.5. The van der Waals surface area contributed by atoms with Crippen LogP contribution in [0, 0.1) is 6.92 Å². The van der Waals surface area contributed by atoms with Crippen LogP contribution in [0.2, 0.25) is 0 Å². The van der Waals surface area contributed by atoms with Gasteiger partial charge >= 0.3 is 0 Å². The van der Waals surface area contributed by atoms with Crippen LogP contribution in [0.1, 0.15) is 16.8 Å². The van der Waals surface area contributed by atoms with E-state index in [1.807, 2.05) is 18.7 Å². The van der Waals surface area contributed by atoms with Gasteiger partial charge in [0.2, 0.25) is 0 Å². The van der Waals surface area contributed by atoms with Gasteiger partial charge in [-0.05, 0) is 30.5 Å². The summed E-state index contributed by atoms with van der Waals surface area (Å²) >= 11 is 0. The van der Waals surface area contributed by atoms with Crippen molar-refractivity contribution < 1.29 is 0 Å². The summed E-state index contributed by atoms with van der Waals surface area (Å²) in [4.78, 5) is 0. The number of hydrogen-bond acceptors (Lipinski definition) is 3. The number of benzene rings is 1. The normalized spacial score (nSPS) is 13.2. The Balaban J connectivity index is 1.72. The Morgan fingerprint density at radius 3 is 3.06 bits per heavy atom. The summed E-state index contributed by atoms with van der Waals surface area (Å²) in [6.45, 7) is 3.89. The zero-order valence-corrected chi connectivity index (χ0v) is 10.8. The fourth-order valence-electron chi connectivity index (χ4n) is 2.42. The molecule has 0 saturated heterocycles. The van der Waals surface area contributed by atoms with E-state index in [1.165, 1.54) is 16.8 Å². The van der Waals surface area contributed by atoms with E-state index >= 15 is 0 Å². The van der Waals surface area contributed by atoms with Crippen molar-refractivity contribution in [3.05, 3.63) is 41.1 Å². The van der Waals surface area contributed by atoms with Crippen molar-refractivity contribution in [2.75, 3.05) is 17.2 Å². The van der Waals surface area contributed by atoms with E-state index in [2.05, 4.69) is 40.0 Å². The molecular weight excluding hydrogens is 224 g/mol. The van der Waals surface area contributed by atoms with Crippen molar-refractivity contribution in [3.63, 3.8) is 0 Å². The van der Waals surface area contributed by atoms with E-state index in [9.17, 15) is 0 Å². The number of aromatic nitrogens is 2. The number of nitrogens with zero attached hydrogens (tertiary/aromatic N) is 2. The van der Waals surface area contributed by atoms with Crippen LogP contribution >= 0.6 is 0 Å². The van der Waals surface area contributed by atoms with E-state index in [0.29, 0.717) is 0 Å². The molecule has 4 heteroatoms. The second kappa shape index (κ2) is 4.37. The molecule has 2 N–H and O–H groups in total. The van der Waals surface area contributed by atoms with Crippen molar-refractivity contribution in [1.29, 1.82) is 0 Å². The highest BCUT2D eigenvalue weighted by Crippen LogP contribution is 2.23. The molecule has 18 heavy (non-hydrogen) atoms. The lowest BCUT2D eigenvalue weighted by Crippen LogP contribution is -2.04. The number of nitrogens with one attached hydrogen (secondary N) is 2. The fourth-order valence-corrected chi connectivity index (χ4v) is 2.42. The van der Waals surface area contributed by atoms with Crippen LogP contribution < -0.4 is 10.6 Å². The third kappa shape index (κ3) is 2.06. The quantitative estimate of drug-likeness (QED) is 0.868. The van der Waals surface area contributed by atoms with E-state index in [1.54, 1.807) is 0 Å². The van der Waals surface area contributed by atoms with Gasteiger partial charge in [-0.3, -0.25) is 4.68 Å². The number of fused-ring (bicyclic) bond motifs is 1. The summed E-state index contributed by atoms with van der Waals surface area (Å²) in [6.07, 6.45) is 1.14. The van der Waals surface area contributed by atoms with Crippen LogP contribution in [0.3, 0.4) is 0 Å². The minimum absolute atomic E-state index is 0.827. The number of anilines is 2. The topological polar surface area (TPSA) is 41.9 Å². The van der Waals surface area contributed by atoms with Crippen LogP contribution in [0.25, 0.3) is 0 Å². The van der Waals surface area contributed by atoms with Crippen LogP contribution in [0.5, 0.6) is 0 Å². The summed E-state index contributed by atoms with van der Waals surface area (Å²) in [5.74, 6) is 1.06. The molecular formula is C14H18N4. The first-order valence-electron chi connectivity index (χ1n) is 6.32. The molecule has 0 spiro atoms. The molecule has 4 nitrogen and oxygen atoms in total. The SMILES string of the molecule is Cc1cc(NCc2ccc3c(c2)NCC3)n(C)n1. The number of rotatable bonds is 3. The Bertz CT molecular complexity index is 571. The maximum atomic E-state index is 4.32. The predicted octanol–water partition coefficient (Wildman–Crippen LogP) is 2.31. The monoisotopic (exact) mass is 242 g/mol. The van der Waals surface area contributed by atoms with E-state index < -0.39 is 0 Å². The molecule has 2 aromatic rings. The Labute approximate surface area is 107 Å². The lowest BCUT2D eigenvalue weighted by atomic mass is 10.1. The summed E-state index contributed by atoms with van der Waals surface area (Å²) in [6, 6.07) is 8.72. The number of aryl methyl sites for hydroxylation is 2. The largest absolute Gasteiger partial charge is 0.384 e. The minimum atomic E-state index is 0.827. The Morgan fingerprint density at radius 1 is 1.39 bits per heavy atom. The summed E-state index contributed by atoms with van der Waals surface area (Å²) < 4.78 is 1.88. The van der Waals surface area contributed by atoms with Gasteiger partial charge in [-0.25, -0.2) is 0 Å². The molecule has 0 fully saturated rings. The molecule has 0 saturated carbocycles. The molecule has 1 aliphatic rings. The predicted molar refractivity (Wildman–Crippen MR) is 73.9 cm³/mol. The molecule has 1 aliphatic heterocycles. The summed E-state index contributed by atoms with van der Waals surface area (Å²) in [5.41, 5.74) is 5.04. The molecule has 0 bridgehead atoms. The van der Waals surface area contributed by atoms with Gasteiger partial charge in [-0.2, -0.15) is 5.10 Å². The third-order valence-electron chi connectivity index (χ3n) is 3.36. The smallest absolute Gasteiger partial charge is 0.124 e. The second-order valence-electron chi connectivity index (χ2n) is 4.82. The van der Waals surface area contributed by atoms with E-state index in [-0.39, 0.29) is 0 Å². The van der Waals surface area contributed by atoms with Gasteiger partial charge in [0.05, 0.1) is 5.69 Å². The maximum absolute atomic E-state index is 4.32. The average Bonchev–Trinajstić information content (AvgIpc) is 2.92. The van der Waals surface area contributed by atoms with Gasteiger partial charge in [0, 0.05) is 31.9 Å². The standard InChI is InChI=1S/C14H18N4/c1-10-7-14(18(2)17-10)16-9-11-3-4-12-5-6-15-13(12)8-11/h3-4,7-8,15-16H,5-6,9H2,1-2H3. The van der Waals surface area contributed by atoms with E-state index in [0.717, 1.165) is 31.0 Å². The molecule has 0 amide bonds. The first-order valence-corrected chi connectivity index (χ1v) is 6.32. The van der Waals surface area contributed by atoms with Gasteiger partial charge in [-0.15, -0.1) is 0 Å². The van der Waals surface area contributed by atoms with Crippen LogP contribution in [0.15, 0.2) is 24.3 Å². The molecule has 0 atom stereocenters.